The highest BCUT2D eigenvalue weighted by Gasteiger charge is 2.54. The van der Waals surface area contributed by atoms with Crippen LogP contribution in [0.25, 0.3) is 0 Å². The lowest BCUT2D eigenvalue weighted by Gasteiger charge is -2.20. The molecule has 1 unspecified atom stereocenters. The number of aliphatic hydroxyl groups excluding tert-OH is 1. The highest BCUT2D eigenvalue weighted by Crippen LogP contribution is 2.32. The number of ether oxygens (including phenoxy) is 2. The van der Waals surface area contributed by atoms with E-state index in [1.807, 2.05) is 0 Å². The van der Waals surface area contributed by atoms with Crippen molar-refractivity contribution in [2.24, 2.45) is 0 Å². The fraction of sp³-hybridized carbons (Fsp3) is 0.667. The number of hydrogen-bond acceptors (Lipinski definition) is 7. The smallest absolute Gasteiger partial charge is 0.330 e. The van der Waals surface area contributed by atoms with Gasteiger partial charge >= 0.3 is 5.69 Å². The third-order valence-corrected chi connectivity index (χ3v) is 3.52. The quantitative estimate of drug-likeness (QED) is 0.513. The molecular weight excluding hydrogens is 298 g/mol. The van der Waals surface area contributed by atoms with Gasteiger partial charge in [0.05, 0.1) is 6.61 Å². The Balaban J connectivity index is 2.49. The Hall–Kier alpha value is -2.04. The number of aromatic nitrogens is 2. The second-order valence-electron chi connectivity index (χ2n) is 4.92. The zero-order valence-electron chi connectivity index (χ0n) is 12.1. The van der Waals surface area contributed by atoms with E-state index >= 15 is 0 Å². The molecule has 0 radical (unpaired) electrons. The van der Waals surface area contributed by atoms with Gasteiger partial charge < -0.3 is 14.6 Å². The average Bonchev–Trinajstić information content (AvgIpc) is 2.82. The molecule has 1 aliphatic rings. The molecule has 0 spiro atoms. The number of nitro groups is 1. The Morgan fingerprint density at radius 3 is 2.77 bits per heavy atom. The van der Waals surface area contributed by atoms with E-state index in [0.29, 0.717) is 0 Å². The van der Waals surface area contributed by atoms with Crippen LogP contribution >= 0.6 is 0 Å². The van der Waals surface area contributed by atoms with Gasteiger partial charge in [0.1, 0.15) is 0 Å². The van der Waals surface area contributed by atoms with Crippen LogP contribution in [0.4, 0.5) is 0 Å². The third-order valence-electron chi connectivity index (χ3n) is 3.52. The first-order valence-corrected chi connectivity index (χ1v) is 6.74. The van der Waals surface area contributed by atoms with Crippen molar-refractivity contribution in [3.63, 3.8) is 0 Å². The Kier molecular flexibility index (Phi) is 4.74. The van der Waals surface area contributed by atoms with E-state index in [2.05, 4.69) is 4.98 Å². The summed E-state index contributed by atoms with van der Waals surface area (Å²) in [4.78, 5) is 36.1. The van der Waals surface area contributed by atoms with Gasteiger partial charge in [0, 0.05) is 23.3 Å². The predicted octanol–water partition coefficient (Wildman–Crippen LogP) is -1.21. The summed E-state index contributed by atoms with van der Waals surface area (Å²) in [6.45, 7) is 2.74. The van der Waals surface area contributed by atoms with E-state index in [4.69, 9.17) is 9.47 Å². The number of aromatic amines is 1. The molecule has 2 N–H and O–H groups in total. The lowest BCUT2D eigenvalue weighted by atomic mass is 10.1. The van der Waals surface area contributed by atoms with Crippen molar-refractivity contribution in [1.82, 2.24) is 9.55 Å². The molecule has 0 aromatic carbocycles. The molecule has 22 heavy (non-hydrogen) atoms. The minimum atomic E-state index is -1.31. The highest BCUT2D eigenvalue weighted by atomic mass is 16.7. The number of nitrogens with one attached hydrogen (secondary N) is 1. The fourth-order valence-electron chi connectivity index (χ4n) is 2.50. The van der Waals surface area contributed by atoms with Crippen molar-refractivity contribution in [1.29, 1.82) is 0 Å². The average molecular weight is 315 g/mol. The van der Waals surface area contributed by atoms with Gasteiger partial charge in [-0.3, -0.25) is 24.5 Å². The van der Waals surface area contributed by atoms with E-state index in [1.54, 1.807) is 6.92 Å². The molecule has 1 saturated heterocycles. The molecule has 4 atom stereocenters. The zero-order valence-corrected chi connectivity index (χ0v) is 12.1. The molecule has 0 amide bonds. The lowest BCUT2D eigenvalue weighted by molar-refractivity contribution is -0.537. The monoisotopic (exact) mass is 315 g/mol. The Morgan fingerprint density at radius 2 is 2.23 bits per heavy atom. The molecule has 10 nitrogen and oxygen atoms in total. The van der Waals surface area contributed by atoms with Gasteiger partial charge in [0.15, 0.2) is 18.4 Å². The van der Waals surface area contributed by atoms with E-state index in [-0.39, 0.29) is 12.2 Å². The van der Waals surface area contributed by atoms with Gasteiger partial charge in [-0.05, 0) is 13.8 Å². The molecule has 0 aliphatic carbocycles. The van der Waals surface area contributed by atoms with Gasteiger partial charge in [-0.1, -0.05) is 0 Å². The third kappa shape index (κ3) is 2.80. The van der Waals surface area contributed by atoms with Crippen molar-refractivity contribution < 1.29 is 19.5 Å². The molecule has 2 heterocycles. The fourth-order valence-corrected chi connectivity index (χ4v) is 2.50. The minimum Gasteiger partial charge on any atom is -0.393 e. The summed E-state index contributed by atoms with van der Waals surface area (Å²) >= 11 is 0. The van der Waals surface area contributed by atoms with Crippen LogP contribution in [-0.2, 0) is 9.47 Å². The summed E-state index contributed by atoms with van der Waals surface area (Å²) in [7, 11) is 0. The summed E-state index contributed by atoms with van der Waals surface area (Å²) in [6, 6.07) is -1.31. The summed E-state index contributed by atoms with van der Waals surface area (Å²) in [6.07, 6.45) is -2.00. The van der Waals surface area contributed by atoms with Crippen LogP contribution < -0.4 is 11.2 Å². The second-order valence-corrected chi connectivity index (χ2v) is 4.92. The molecule has 2 rings (SSSR count). The van der Waals surface area contributed by atoms with Gasteiger partial charge in [0.25, 0.3) is 11.6 Å². The maximum atomic E-state index is 11.9. The first-order chi connectivity index (χ1) is 10.4. The van der Waals surface area contributed by atoms with Crippen molar-refractivity contribution in [3.8, 4) is 0 Å². The van der Waals surface area contributed by atoms with Crippen LogP contribution in [0, 0.1) is 17.0 Å². The standard InChI is InChI=1S/C12H17N3O7/c1-3-21-9-8(15(19)20)7(5-16)22-11(9)14-4-6(2)10(17)13-12(14)18/h4,7-9,11,16H,3,5H2,1-2H3,(H,13,17,18)/t7-,8?,9-,11-/m1/s1. The second kappa shape index (κ2) is 6.38. The van der Waals surface area contributed by atoms with Crippen LogP contribution in [-0.4, -0.2) is 51.0 Å². The summed E-state index contributed by atoms with van der Waals surface area (Å²) < 4.78 is 11.9. The van der Waals surface area contributed by atoms with Gasteiger partial charge in [-0.2, -0.15) is 0 Å². The first kappa shape index (κ1) is 16.3. The van der Waals surface area contributed by atoms with E-state index < -0.39 is 47.3 Å². The number of rotatable bonds is 5. The van der Waals surface area contributed by atoms with Crippen molar-refractivity contribution in [2.45, 2.75) is 38.3 Å². The van der Waals surface area contributed by atoms with Gasteiger partial charge in [0.2, 0.25) is 0 Å². The molecule has 0 saturated carbocycles. The van der Waals surface area contributed by atoms with Crippen molar-refractivity contribution >= 4 is 0 Å². The zero-order chi connectivity index (χ0) is 16.4. The molecule has 1 aliphatic heterocycles. The predicted molar refractivity (Wildman–Crippen MR) is 73.3 cm³/mol. The highest BCUT2D eigenvalue weighted by molar-refractivity contribution is 5.03. The van der Waals surface area contributed by atoms with Gasteiger partial charge in [-0.25, -0.2) is 4.79 Å². The molecule has 1 fully saturated rings. The number of nitrogens with zero attached hydrogens (tertiary/aromatic N) is 2. The largest absolute Gasteiger partial charge is 0.393 e. The van der Waals surface area contributed by atoms with Gasteiger partial charge in [-0.15, -0.1) is 0 Å². The summed E-state index contributed by atoms with van der Waals surface area (Å²) in [5, 5.41) is 20.5. The number of hydrogen-bond donors (Lipinski definition) is 2. The van der Waals surface area contributed by atoms with Crippen LogP contribution in [0.3, 0.4) is 0 Å². The van der Waals surface area contributed by atoms with Crippen molar-refractivity contribution in [2.75, 3.05) is 13.2 Å². The number of aliphatic hydroxyl groups is 1. The van der Waals surface area contributed by atoms with Crippen LogP contribution in [0.1, 0.15) is 18.7 Å². The molecule has 122 valence electrons. The summed E-state index contributed by atoms with van der Waals surface area (Å²) in [5.41, 5.74) is -1.05. The molecule has 1 aromatic rings. The molecule has 0 bridgehead atoms. The number of aryl methyl sites for hydroxylation is 1. The van der Waals surface area contributed by atoms with Crippen LogP contribution in [0.15, 0.2) is 15.8 Å². The molecular formula is C12H17N3O7. The van der Waals surface area contributed by atoms with E-state index in [9.17, 15) is 24.8 Å². The minimum absolute atomic E-state index is 0.171. The summed E-state index contributed by atoms with van der Waals surface area (Å²) in [5.74, 6) is 0. The Labute approximate surface area is 124 Å². The van der Waals surface area contributed by atoms with E-state index in [1.165, 1.54) is 13.1 Å². The topological polar surface area (TPSA) is 137 Å². The molecule has 10 heteroatoms. The maximum absolute atomic E-state index is 11.9. The Bertz CT molecular complexity index is 667. The maximum Gasteiger partial charge on any atom is 0.330 e. The van der Waals surface area contributed by atoms with Crippen molar-refractivity contribution in [3.05, 3.63) is 42.7 Å². The van der Waals surface area contributed by atoms with E-state index in [0.717, 1.165) is 4.57 Å². The first-order valence-electron chi connectivity index (χ1n) is 6.74. The normalized spacial score (nSPS) is 28.0. The van der Waals surface area contributed by atoms with Crippen LogP contribution in [0.5, 0.6) is 0 Å². The molecule has 1 aromatic heterocycles. The lowest BCUT2D eigenvalue weighted by Crippen LogP contribution is -2.43. The SMILES string of the molecule is CCO[C@@H]1C([N+](=O)[O-])[C@@H](CO)O[C@H]1n1cc(C)c(=O)[nH]c1=O. The Morgan fingerprint density at radius 1 is 1.55 bits per heavy atom. The van der Waals surface area contributed by atoms with Crippen LogP contribution in [0.2, 0.25) is 0 Å². The number of H-pyrrole nitrogens is 1.